The molecule has 1 rings (SSSR count). The first kappa shape index (κ1) is 9.80. The van der Waals surface area contributed by atoms with E-state index in [-0.39, 0.29) is 6.61 Å². The molecule has 0 aliphatic heterocycles. The van der Waals surface area contributed by atoms with Gasteiger partial charge in [-0.3, -0.25) is 0 Å². The molecular weight excluding hydrogens is 267 g/mol. The Balaban J connectivity index is 2.91. The fourth-order valence-electron chi connectivity index (χ4n) is 0.912. The third-order valence-electron chi connectivity index (χ3n) is 1.48. The fourth-order valence-corrected chi connectivity index (χ4v) is 1.40. The van der Waals surface area contributed by atoms with Gasteiger partial charge in [-0.05, 0) is 47.2 Å². The lowest BCUT2D eigenvalue weighted by Crippen LogP contribution is -1.95. The van der Waals surface area contributed by atoms with Gasteiger partial charge in [0, 0.05) is 0 Å². The summed E-state index contributed by atoms with van der Waals surface area (Å²) in [6.07, 6.45) is 0. The second-order valence-corrected chi connectivity index (χ2v) is 3.52. The monoisotopic (exact) mass is 278 g/mol. The molecule has 1 aromatic carbocycles. The first-order valence-electron chi connectivity index (χ1n) is 3.80. The van der Waals surface area contributed by atoms with Crippen LogP contribution in [0.5, 0.6) is 5.75 Å². The molecule has 0 radical (unpaired) electrons. The van der Waals surface area contributed by atoms with E-state index in [1.807, 2.05) is 25.1 Å². The van der Waals surface area contributed by atoms with Gasteiger partial charge in [-0.25, -0.2) is 0 Å². The molecule has 0 aromatic heterocycles. The van der Waals surface area contributed by atoms with Crippen LogP contribution in [0.25, 0.3) is 0 Å². The zero-order valence-corrected chi connectivity index (χ0v) is 9.04. The van der Waals surface area contributed by atoms with Crippen molar-refractivity contribution in [2.45, 2.75) is 13.5 Å². The van der Waals surface area contributed by atoms with Gasteiger partial charge in [0.15, 0.2) is 0 Å². The molecule has 2 nitrogen and oxygen atoms in total. The van der Waals surface area contributed by atoms with Crippen molar-refractivity contribution in [2.24, 2.45) is 0 Å². The third-order valence-corrected chi connectivity index (χ3v) is 2.37. The lowest BCUT2D eigenvalue weighted by molar-refractivity contribution is 0.280. The number of aliphatic hydroxyl groups is 1. The van der Waals surface area contributed by atoms with Gasteiger partial charge >= 0.3 is 0 Å². The Labute approximate surface area is 85.7 Å². The zero-order valence-electron chi connectivity index (χ0n) is 6.88. The predicted molar refractivity (Wildman–Crippen MR) is 56.3 cm³/mol. The molecule has 0 amide bonds. The van der Waals surface area contributed by atoms with Gasteiger partial charge in [0.25, 0.3) is 0 Å². The summed E-state index contributed by atoms with van der Waals surface area (Å²) in [7, 11) is 0. The van der Waals surface area contributed by atoms with E-state index in [9.17, 15) is 0 Å². The van der Waals surface area contributed by atoms with Gasteiger partial charge < -0.3 is 9.84 Å². The highest BCUT2D eigenvalue weighted by Gasteiger charge is 2.00. The van der Waals surface area contributed by atoms with Gasteiger partial charge in [0.1, 0.15) is 5.75 Å². The molecule has 0 unspecified atom stereocenters. The van der Waals surface area contributed by atoms with E-state index in [1.165, 1.54) is 0 Å². The summed E-state index contributed by atoms with van der Waals surface area (Å²) in [4.78, 5) is 0. The lowest BCUT2D eigenvalue weighted by atomic mass is 10.2. The van der Waals surface area contributed by atoms with Crippen molar-refractivity contribution in [3.63, 3.8) is 0 Å². The molecular formula is C9H11IO2. The highest BCUT2D eigenvalue weighted by atomic mass is 127. The summed E-state index contributed by atoms with van der Waals surface area (Å²) >= 11 is 2.21. The van der Waals surface area contributed by atoms with Crippen LogP contribution in [-0.2, 0) is 6.61 Å². The molecule has 0 aliphatic carbocycles. The first-order valence-corrected chi connectivity index (χ1v) is 4.88. The average Bonchev–Trinajstić information content (AvgIpc) is 2.09. The maximum Gasteiger partial charge on any atom is 0.132 e. The van der Waals surface area contributed by atoms with Crippen molar-refractivity contribution in [3.8, 4) is 5.75 Å². The van der Waals surface area contributed by atoms with Crippen LogP contribution in [0.4, 0.5) is 0 Å². The van der Waals surface area contributed by atoms with E-state index in [0.717, 1.165) is 14.9 Å². The molecule has 0 bridgehead atoms. The van der Waals surface area contributed by atoms with Crippen molar-refractivity contribution in [1.82, 2.24) is 0 Å². The highest BCUT2D eigenvalue weighted by molar-refractivity contribution is 14.1. The number of aliphatic hydroxyl groups excluding tert-OH is 1. The summed E-state index contributed by atoms with van der Waals surface area (Å²) in [5.41, 5.74) is 0.888. The van der Waals surface area contributed by atoms with Crippen molar-refractivity contribution < 1.29 is 9.84 Å². The van der Waals surface area contributed by atoms with E-state index in [2.05, 4.69) is 22.6 Å². The fraction of sp³-hybridized carbons (Fsp3) is 0.333. The molecule has 0 aliphatic rings. The lowest BCUT2D eigenvalue weighted by Gasteiger charge is -2.06. The van der Waals surface area contributed by atoms with Crippen molar-refractivity contribution in [1.29, 1.82) is 0 Å². The van der Waals surface area contributed by atoms with Gasteiger partial charge in [0.2, 0.25) is 0 Å². The van der Waals surface area contributed by atoms with Crippen LogP contribution in [0.3, 0.4) is 0 Å². The minimum absolute atomic E-state index is 0.0665. The topological polar surface area (TPSA) is 29.5 Å². The van der Waals surface area contributed by atoms with Crippen molar-refractivity contribution in [2.75, 3.05) is 6.61 Å². The Morgan fingerprint density at radius 3 is 2.83 bits per heavy atom. The molecule has 0 saturated heterocycles. The average molecular weight is 278 g/mol. The summed E-state index contributed by atoms with van der Waals surface area (Å²) in [5.74, 6) is 0.852. The highest BCUT2D eigenvalue weighted by Crippen LogP contribution is 2.22. The van der Waals surface area contributed by atoms with Crippen LogP contribution < -0.4 is 4.74 Å². The number of hydrogen-bond acceptors (Lipinski definition) is 2. The SMILES string of the molecule is CCOc1cc(CO)ccc1I. The van der Waals surface area contributed by atoms with E-state index in [1.54, 1.807) is 0 Å². The van der Waals surface area contributed by atoms with Crippen LogP contribution >= 0.6 is 22.6 Å². The summed E-state index contributed by atoms with van der Waals surface area (Å²) in [6.45, 7) is 2.67. The Morgan fingerprint density at radius 1 is 1.50 bits per heavy atom. The molecule has 12 heavy (non-hydrogen) atoms. The minimum Gasteiger partial charge on any atom is -0.493 e. The van der Waals surface area contributed by atoms with E-state index in [0.29, 0.717) is 6.61 Å². The van der Waals surface area contributed by atoms with Gasteiger partial charge in [0.05, 0.1) is 16.8 Å². The largest absolute Gasteiger partial charge is 0.493 e. The molecule has 0 heterocycles. The number of halogens is 1. The summed E-state index contributed by atoms with van der Waals surface area (Å²) in [6, 6.07) is 5.70. The van der Waals surface area contributed by atoms with Crippen LogP contribution in [0.2, 0.25) is 0 Å². The van der Waals surface area contributed by atoms with Crippen molar-refractivity contribution >= 4 is 22.6 Å². The molecule has 0 spiro atoms. The molecule has 1 N–H and O–H groups in total. The summed E-state index contributed by atoms with van der Waals surface area (Å²) in [5, 5.41) is 8.86. The van der Waals surface area contributed by atoms with E-state index >= 15 is 0 Å². The van der Waals surface area contributed by atoms with Gasteiger partial charge in [-0.1, -0.05) is 6.07 Å². The number of ether oxygens (including phenoxy) is 1. The molecule has 66 valence electrons. The maximum absolute atomic E-state index is 8.86. The molecule has 3 heteroatoms. The van der Waals surface area contributed by atoms with Crippen LogP contribution in [0.1, 0.15) is 12.5 Å². The van der Waals surface area contributed by atoms with Crippen molar-refractivity contribution in [3.05, 3.63) is 27.3 Å². The van der Waals surface area contributed by atoms with E-state index < -0.39 is 0 Å². The van der Waals surface area contributed by atoms with Gasteiger partial charge in [-0.15, -0.1) is 0 Å². The van der Waals surface area contributed by atoms with Gasteiger partial charge in [-0.2, -0.15) is 0 Å². The van der Waals surface area contributed by atoms with Crippen LogP contribution in [-0.4, -0.2) is 11.7 Å². The zero-order chi connectivity index (χ0) is 8.97. The summed E-state index contributed by atoms with van der Waals surface area (Å²) < 4.78 is 6.44. The normalized spacial score (nSPS) is 9.92. The van der Waals surface area contributed by atoms with Crippen LogP contribution in [0.15, 0.2) is 18.2 Å². The molecule has 0 fully saturated rings. The second-order valence-electron chi connectivity index (χ2n) is 2.36. The minimum atomic E-state index is 0.0665. The number of hydrogen-bond donors (Lipinski definition) is 1. The Bertz CT molecular complexity index is 261. The molecule has 1 aromatic rings. The molecule has 0 atom stereocenters. The Hall–Kier alpha value is -0.290. The Kier molecular flexibility index (Phi) is 3.81. The standard InChI is InChI=1S/C9H11IO2/c1-2-12-9-5-7(6-11)3-4-8(9)10/h3-5,11H,2,6H2,1H3. The second kappa shape index (κ2) is 4.67. The Morgan fingerprint density at radius 2 is 2.25 bits per heavy atom. The smallest absolute Gasteiger partial charge is 0.132 e. The van der Waals surface area contributed by atoms with E-state index in [4.69, 9.17) is 9.84 Å². The van der Waals surface area contributed by atoms with Crippen LogP contribution in [0, 0.1) is 3.57 Å². The number of benzene rings is 1. The first-order chi connectivity index (χ1) is 5.77. The number of rotatable bonds is 3. The predicted octanol–water partition coefficient (Wildman–Crippen LogP) is 2.18. The maximum atomic E-state index is 8.86. The quantitative estimate of drug-likeness (QED) is 0.859. The third kappa shape index (κ3) is 2.35. The molecule has 0 saturated carbocycles.